The molecule has 0 radical (unpaired) electrons. The predicted octanol–water partition coefficient (Wildman–Crippen LogP) is 2.78. The Labute approximate surface area is 150 Å². The van der Waals surface area contributed by atoms with E-state index in [1.165, 1.54) is 24.3 Å². The molecule has 0 aliphatic heterocycles. The number of hydrogen-bond acceptors (Lipinski definition) is 2. The van der Waals surface area contributed by atoms with E-state index in [0.717, 1.165) is 5.69 Å². The fraction of sp³-hybridized carbons (Fsp3) is 0.100. The Morgan fingerprint density at radius 3 is 2.04 bits per heavy atom. The molecule has 0 bridgehead atoms. The molecule has 1 heterocycles. The highest BCUT2D eigenvalue weighted by molar-refractivity contribution is 5.95. The van der Waals surface area contributed by atoms with Gasteiger partial charge in [0.05, 0.1) is 0 Å². The number of carbonyl (C=O) groups excluding carboxylic acids is 2. The lowest BCUT2D eigenvalue weighted by atomic mass is 10.2. The van der Waals surface area contributed by atoms with Crippen molar-refractivity contribution < 1.29 is 14.0 Å². The summed E-state index contributed by atoms with van der Waals surface area (Å²) in [4.78, 5) is 24.0. The lowest BCUT2D eigenvalue weighted by Crippen LogP contribution is -2.34. The summed E-state index contributed by atoms with van der Waals surface area (Å²) in [6.07, 6.45) is 3.85. The maximum atomic E-state index is 13.1. The van der Waals surface area contributed by atoms with Crippen LogP contribution >= 0.6 is 0 Å². The molecule has 0 atom stereocenters. The van der Waals surface area contributed by atoms with E-state index in [4.69, 9.17) is 0 Å². The summed E-state index contributed by atoms with van der Waals surface area (Å²) in [5.74, 6) is -1.06. The average molecular weight is 351 g/mol. The number of benzene rings is 2. The third-order valence-corrected chi connectivity index (χ3v) is 3.82. The molecule has 6 heteroatoms. The number of amides is 2. The monoisotopic (exact) mass is 351 g/mol. The van der Waals surface area contributed by atoms with Gasteiger partial charge in [-0.3, -0.25) is 9.59 Å². The fourth-order valence-corrected chi connectivity index (χ4v) is 2.48. The van der Waals surface area contributed by atoms with E-state index in [9.17, 15) is 14.0 Å². The van der Waals surface area contributed by atoms with Crippen LogP contribution in [-0.2, 0) is 0 Å². The van der Waals surface area contributed by atoms with Crippen molar-refractivity contribution in [2.24, 2.45) is 0 Å². The second-order valence-electron chi connectivity index (χ2n) is 5.66. The summed E-state index contributed by atoms with van der Waals surface area (Å²) in [5.41, 5.74) is 1.75. The highest BCUT2D eigenvalue weighted by Crippen LogP contribution is 2.10. The van der Waals surface area contributed by atoms with Crippen LogP contribution in [0.15, 0.2) is 73.1 Å². The van der Waals surface area contributed by atoms with Crippen LogP contribution in [0, 0.1) is 5.82 Å². The third kappa shape index (κ3) is 4.36. The van der Waals surface area contributed by atoms with Crippen molar-refractivity contribution in [2.45, 2.75) is 0 Å². The van der Waals surface area contributed by atoms with E-state index in [1.807, 2.05) is 41.2 Å². The Kier molecular flexibility index (Phi) is 5.43. The van der Waals surface area contributed by atoms with Gasteiger partial charge in [0.25, 0.3) is 11.8 Å². The van der Waals surface area contributed by atoms with Gasteiger partial charge in [0.1, 0.15) is 5.82 Å². The number of hydrogen-bond donors (Lipinski definition) is 2. The minimum Gasteiger partial charge on any atom is -0.350 e. The van der Waals surface area contributed by atoms with E-state index in [1.54, 1.807) is 12.1 Å². The zero-order chi connectivity index (χ0) is 18.4. The molecule has 0 saturated carbocycles. The molecule has 3 rings (SSSR count). The first-order chi connectivity index (χ1) is 12.6. The van der Waals surface area contributed by atoms with E-state index in [-0.39, 0.29) is 30.5 Å². The molecule has 0 aliphatic carbocycles. The second-order valence-corrected chi connectivity index (χ2v) is 5.66. The topological polar surface area (TPSA) is 63.1 Å². The Bertz CT molecular complexity index is 890. The van der Waals surface area contributed by atoms with Crippen molar-refractivity contribution in [3.63, 3.8) is 0 Å². The lowest BCUT2D eigenvalue weighted by Gasteiger charge is -2.08. The highest BCUT2D eigenvalue weighted by atomic mass is 19.1. The first-order valence-corrected chi connectivity index (χ1v) is 8.19. The minimum absolute atomic E-state index is 0.218. The SMILES string of the molecule is O=C(NCCNC(=O)c1cccc(F)c1)c1ccc(-n2cccc2)cc1. The molecule has 0 unspecified atom stereocenters. The van der Waals surface area contributed by atoms with Gasteiger partial charge in [-0.15, -0.1) is 0 Å². The Hall–Kier alpha value is -3.41. The van der Waals surface area contributed by atoms with Gasteiger partial charge in [-0.05, 0) is 54.6 Å². The van der Waals surface area contributed by atoms with Crippen LogP contribution in [0.25, 0.3) is 5.69 Å². The third-order valence-electron chi connectivity index (χ3n) is 3.82. The van der Waals surface area contributed by atoms with E-state index in [0.29, 0.717) is 5.56 Å². The number of rotatable bonds is 6. The molecular weight excluding hydrogens is 333 g/mol. The maximum Gasteiger partial charge on any atom is 0.251 e. The van der Waals surface area contributed by atoms with Crippen molar-refractivity contribution in [1.82, 2.24) is 15.2 Å². The number of nitrogens with one attached hydrogen (secondary N) is 2. The van der Waals surface area contributed by atoms with E-state index >= 15 is 0 Å². The first kappa shape index (κ1) is 17.4. The number of aromatic nitrogens is 1. The van der Waals surface area contributed by atoms with Crippen LogP contribution in [0.2, 0.25) is 0 Å². The molecule has 132 valence electrons. The molecule has 2 amide bonds. The predicted molar refractivity (Wildman–Crippen MR) is 96.8 cm³/mol. The summed E-state index contributed by atoms with van der Waals surface area (Å²) >= 11 is 0. The van der Waals surface area contributed by atoms with Gasteiger partial charge in [-0.2, -0.15) is 0 Å². The molecule has 26 heavy (non-hydrogen) atoms. The quantitative estimate of drug-likeness (QED) is 0.671. The molecule has 1 aromatic heterocycles. The van der Waals surface area contributed by atoms with Crippen LogP contribution < -0.4 is 10.6 Å². The van der Waals surface area contributed by atoms with Gasteiger partial charge in [0.2, 0.25) is 0 Å². The molecule has 0 spiro atoms. The highest BCUT2D eigenvalue weighted by Gasteiger charge is 2.07. The van der Waals surface area contributed by atoms with Gasteiger partial charge >= 0.3 is 0 Å². The molecule has 2 N–H and O–H groups in total. The van der Waals surface area contributed by atoms with Crippen LogP contribution in [-0.4, -0.2) is 29.5 Å². The number of nitrogens with zero attached hydrogens (tertiary/aromatic N) is 1. The summed E-state index contributed by atoms with van der Waals surface area (Å²) in [5, 5.41) is 5.37. The molecule has 2 aromatic carbocycles. The summed E-state index contributed by atoms with van der Waals surface area (Å²) < 4.78 is 15.0. The van der Waals surface area contributed by atoms with Crippen LogP contribution in [0.4, 0.5) is 4.39 Å². The lowest BCUT2D eigenvalue weighted by molar-refractivity contribution is 0.0927. The van der Waals surface area contributed by atoms with Crippen molar-refractivity contribution in [3.05, 3.63) is 90.0 Å². The molecule has 5 nitrogen and oxygen atoms in total. The second kappa shape index (κ2) is 8.11. The molecule has 3 aromatic rings. The molecular formula is C20H18FN3O2. The Morgan fingerprint density at radius 2 is 1.42 bits per heavy atom. The van der Waals surface area contributed by atoms with Crippen molar-refractivity contribution in [1.29, 1.82) is 0 Å². The zero-order valence-corrected chi connectivity index (χ0v) is 14.0. The smallest absolute Gasteiger partial charge is 0.251 e. The van der Waals surface area contributed by atoms with Gasteiger partial charge in [0.15, 0.2) is 0 Å². The van der Waals surface area contributed by atoms with Crippen LogP contribution in [0.1, 0.15) is 20.7 Å². The standard InChI is InChI=1S/C20H18FN3O2/c21-17-5-3-4-16(14-17)20(26)23-11-10-22-19(25)15-6-8-18(9-7-15)24-12-1-2-13-24/h1-9,12-14H,10-11H2,(H,22,25)(H,23,26). The van der Waals surface area contributed by atoms with E-state index in [2.05, 4.69) is 10.6 Å². The normalized spacial score (nSPS) is 10.3. The first-order valence-electron chi connectivity index (χ1n) is 8.19. The summed E-state index contributed by atoms with van der Waals surface area (Å²) in [7, 11) is 0. The fourth-order valence-electron chi connectivity index (χ4n) is 2.48. The molecule has 0 aliphatic rings. The van der Waals surface area contributed by atoms with Gasteiger partial charge in [0, 0.05) is 42.3 Å². The van der Waals surface area contributed by atoms with Crippen LogP contribution in [0.3, 0.4) is 0 Å². The van der Waals surface area contributed by atoms with Crippen molar-refractivity contribution in [2.75, 3.05) is 13.1 Å². The minimum atomic E-state index is -0.464. The van der Waals surface area contributed by atoms with Crippen LogP contribution in [0.5, 0.6) is 0 Å². The molecule has 0 saturated heterocycles. The van der Waals surface area contributed by atoms with E-state index < -0.39 is 5.82 Å². The Balaban J connectivity index is 1.46. The number of carbonyl (C=O) groups is 2. The average Bonchev–Trinajstić information content (AvgIpc) is 3.20. The van der Waals surface area contributed by atoms with Gasteiger partial charge in [-0.1, -0.05) is 6.07 Å². The summed E-state index contributed by atoms with van der Waals surface area (Å²) in [6, 6.07) is 16.5. The van der Waals surface area contributed by atoms with Crippen molar-refractivity contribution in [3.8, 4) is 5.69 Å². The molecule has 0 fully saturated rings. The number of halogens is 1. The van der Waals surface area contributed by atoms with Crippen molar-refractivity contribution >= 4 is 11.8 Å². The zero-order valence-electron chi connectivity index (χ0n) is 14.0. The Morgan fingerprint density at radius 1 is 0.808 bits per heavy atom. The largest absolute Gasteiger partial charge is 0.350 e. The maximum absolute atomic E-state index is 13.1. The van der Waals surface area contributed by atoms with Gasteiger partial charge in [-0.25, -0.2) is 4.39 Å². The van der Waals surface area contributed by atoms with Gasteiger partial charge < -0.3 is 15.2 Å². The summed E-state index contributed by atoms with van der Waals surface area (Å²) in [6.45, 7) is 0.530.